The maximum Gasteiger partial charge on any atom is 0.249 e. The molecule has 3 heterocycles. The average molecular weight is 756 g/mol. The molecular weight excluding hydrogens is 699 g/mol. The van der Waals surface area contributed by atoms with Gasteiger partial charge in [-0.05, 0) is 118 Å². The number of fused-ring (bicyclic) bond motifs is 1. The van der Waals surface area contributed by atoms with Gasteiger partial charge in [-0.15, -0.1) is 5.10 Å². The van der Waals surface area contributed by atoms with Crippen LogP contribution < -0.4 is 15.0 Å². The Labute approximate surface area is 320 Å². The molecule has 1 amide bonds. The number of aliphatic hydroxyl groups is 2. The molecule has 2 unspecified atom stereocenters. The second-order valence-corrected chi connectivity index (χ2v) is 19.3. The lowest BCUT2D eigenvalue weighted by Gasteiger charge is -2.35. The molecular formula is C42H57N5O6Si. The molecule has 290 valence electrons. The van der Waals surface area contributed by atoms with Gasteiger partial charge < -0.3 is 29.8 Å². The second kappa shape index (κ2) is 18.1. The lowest BCUT2D eigenvalue weighted by molar-refractivity contribution is -0.120. The van der Waals surface area contributed by atoms with Crippen molar-refractivity contribution >= 4 is 25.6 Å². The summed E-state index contributed by atoms with van der Waals surface area (Å²) in [6, 6.07) is 23.7. The minimum Gasteiger partial charge on any atom is -0.494 e. The lowest BCUT2D eigenvalue weighted by Crippen LogP contribution is -2.49. The standard InChI is InChI=1S/C42H57N5O6Si/c1-5-52-34-17-18-38-32(25-34)26-36(43-21-9-10-23-48)42(50)47(38)33-15-11-12-30(24-33)16-19-39-29(2)41(54(3,4)51)40(53-39)20-22-46-27-37(44-45-46)35(28-49)31-13-7-6-8-14-31/h6-8,11-15,17-18,24-25,27,29,35-36,39-41,43,48-49,51H,5,9-10,16,19-23,26,28H2,1-4H3/t29-,35?,36?,39+,40-,41+/m0/s1. The molecule has 12 heteroatoms. The van der Waals surface area contributed by atoms with Crippen LogP contribution in [-0.2, 0) is 28.9 Å². The van der Waals surface area contributed by atoms with Crippen molar-refractivity contribution in [3.8, 4) is 5.75 Å². The number of nitrogens with one attached hydrogen (secondary N) is 1. The molecule has 1 saturated heterocycles. The third-order valence-electron chi connectivity index (χ3n) is 11.1. The van der Waals surface area contributed by atoms with Crippen LogP contribution in [0.1, 0.15) is 67.8 Å². The molecule has 0 saturated carbocycles. The van der Waals surface area contributed by atoms with Crippen molar-refractivity contribution in [3.63, 3.8) is 0 Å². The van der Waals surface area contributed by atoms with Crippen LogP contribution >= 0.6 is 0 Å². The summed E-state index contributed by atoms with van der Waals surface area (Å²) in [5, 5.41) is 31.6. The van der Waals surface area contributed by atoms with E-state index in [0.29, 0.717) is 39.0 Å². The van der Waals surface area contributed by atoms with Crippen molar-refractivity contribution in [2.45, 2.75) is 102 Å². The first-order valence-electron chi connectivity index (χ1n) is 19.6. The van der Waals surface area contributed by atoms with Gasteiger partial charge in [0.25, 0.3) is 0 Å². The number of hydrogen-bond acceptors (Lipinski definition) is 9. The van der Waals surface area contributed by atoms with E-state index in [9.17, 15) is 19.8 Å². The Morgan fingerprint density at radius 2 is 1.83 bits per heavy atom. The number of rotatable bonds is 18. The van der Waals surface area contributed by atoms with Gasteiger partial charge in [-0.1, -0.05) is 54.6 Å². The molecule has 1 aromatic heterocycles. The monoisotopic (exact) mass is 755 g/mol. The number of unbranched alkanes of at least 4 members (excludes halogenated alkanes) is 1. The van der Waals surface area contributed by atoms with Crippen LogP contribution in [0.4, 0.5) is 11.4 Å². The van der Waals surface area contributed by atoms with E-state index in [2.05, 4.69) is 34.7 Å². The fourth-order valence-electron chi connectivity index (χ4n) is 8.46. The molecule has 0 aliphatic carbocycles. The number of aliphatic hydroxyl groups excluding tert-OH is 2. The zero-order valence-electron chi connectivity index (χ0n) is 32.1. The van der Waals surface area contributed by atoms with Crippen molar-refractivity contribution in [1.82, 2.24) is 20.3 Å². The molecule has 1 fully saturated rings. The minimum absolute atomic E-state index is 0.00725. The van der Waals surface area contributed by atoms with Gasteiger partial charge in [0.2, 0.25) is 5.91 Å². The molecule has 2 aliphatic heterocycles. The summed E-state index contributed by atoms with van der Waals surface area (Å²) >= 11 is 0. The van der Waals surface area contributed by atoms with E-state index >= 15 is 0 Å². The molecule has 3 aromatic carbocycles. The Bertz CT molecular complexity index is 1820. The third-order valence-corrected chi connectivity index (χ3v) is 13.6. The second-order valence-electron chi connectivity index (χ2n) is 15.3. The first-order chi connectivity index (χ1) is 26.1. The van der Waals surface area contributed by atoms with E-state index in [0.717, 1.165) is 58.8 Å². The molecule has 0 bridgehead atoms. The van der Waals surface area contributed by atoms with E-state index in [-0.39, 0.29) is 54.7 Å². The summed E-state index contributed by atoms with van der Waals surface area (Å²) in [4.78, 5) is 27.3. The number of nitrogens with zero attached hydrogens (tertiary/aromatic N) is 4. The Morgan fingerprint density at radius 1 is 1.02 bits per heavy atom. The van der Waals surface area contributed by atoms with Crippen LogP contribution in [0.2, 0.25) is 18.6 Å². The summed E-state index contributed by atoms with van der Waals surface area (Å²) in [7, 11) is -2.58. The Balaban J connectivity index is 1.14. The smallest absolute Gasteiger partial charge is 0.249 e. The predicted octanol–water partition coefficient (Wildman–Crippen LogP) is 5.75. The van der Waals surface area contributed by atoms with E-state index in [1.807, 2.05) is 96.5 Å². The molecule has 0 radical (unpaired) electrons. The largest absolute Gasteiger partial charge is 0.494 e. The van der Waals surface area contributed by atoms with Gasteiger partial charge in [-0.2, -0.15) is 0 Å². The van der Waals surface area contributed by atoms with Gasteiger partial charge in [0.1, 0.15) is 5.75 Å². The minimum atomic E-state index is -2.58. The van der Waals surface area contributed by atoms with Gasteiger partial charge in [-0.3, -0.25) is 14.4 Å². The topological polar surface area (TPSA) is 142 Å². The Kier molecular flexibility index (Phi) is 13.4. The number of aryl methyl sites for hydroxylation is 2. The van der Waals surface area contributed by atoms with Crippen LogP contribution in [0.25, 0.3) is 0 Å². The van der Waals surface area contributed by atoms with E-state index in [1.165, 1.54) is 0 Å². The van der Waals surface area contributed by atoms with Crippen molar-refractivity contribution in [1.29, 1.82) is 0 Å². The Hall–Kier alpha value is -3.91. The number of aromatic nitrogens is 3. The number of hydrogen-bond donors (Lipinski definition) is 4. The van der Waals surface area contributed by atoms with E-state index in [1.54, 1.807) is 0 Å². The molecule has 6 rings (SSSR count). The molecule has 4 N–H and O–H groups in total. The van der Waals surface area contributed by atoms with Crippen LogP contribution in [0.15, 0.2) is 79.0 Å². The average Bonchev–Trinajstić information content (AvgIpc) is 3.76. The van der Waals surface area contributed by atoms with Gasteiger partial charge in [0, 0.05) is 30.6 Å². The third kappa shape index (κ3) is 9.30. The van der Waals surface area contributed by atoms with Crippen molar-refractivity contribution < 1.29 is 29.3 Å². The number of benzene rings is 3. The normalized spacial score (nSPS) is 22.0. The first kappa shape index (κ1) is 39.8. The van der Waals surface area contributed by atoms with Crippen molar-refractivity contribution in [3.05, 3.63) is 101 Å². The number of ether oxygens (including phenoxy) is 2. The summed E-state index contributed by atoms with van der Waals surface area (Å²) in [5.41, 5.74) is 5.66. The molecule has 4 aromatic rings. The highest BCUT2D eigenvalue weighted by atomic mass is 28.4. The number of carbonyl (C=O) groups excluding carboxylic acids is 1. The number of carbonyl (C=O) groups is 1. The van der Waals surface area contributed by atoms with Gasteiger partial charge in [-0.25, -0.2) is 0 Å². The quantitative estimate of drug-likeness (QED) is 0.0739. The molecule has 2 aliphatic rings. The fourth-order valence-corrected chi connectivity index (χ4v) is 11.1. The van der Waals surface area contributed by atoms with E-state index < -0.39 is 8.32 Å². The summed E-state index contributed by atoms with van der Waals surface area (Å²) in [6.07, 6.45) is 6.10. The van der Waals surface area contributed by atoms with Crippen molar-refractivity contribution in [2.24, 2.45) is 5.92 Å². The summed E-state index contributed by atoms with van der Waals surface area (Å²) < 4.78 is 14.4. The maximum absolute atomic E-state index is 14.1. The van der Waals surface area contributed by atoms with Crippen molar-refractivity contribution in [2.75, 3.05) is 31.3 Å². The van der Waals surface area contributed by atoms with Gasteiger partial charge >= 0.3 is 0 Å². The molecule has 11 nitrogen and oxygen atoms in total. The zero-order chi connectivity index (χ0) is 38.2. The highest BCUT2D eigenvalue weighted by molar-refractivity contribution is 6.71. The first-order valence-corrected chi connectivity index (χ1v) is 22.6. The number of amides is 1. The van der Waals surface area contributed by atoms with Crippen LogP contribution in [0.3, 0.4) is 0 Å². The van der Waals surface area contributed by atoms with Crippen LogP contribution in [0.5, 0.6) is 5.75 Å². The summed E-state index contributed by atoms with van der Waals surface area (Å²) in [5.74, 6) is 0.742. The van der Waals surface area contributed by atoms with Gasteiger partial charge in [0.15, 0.2) is 8.32 Å². The number of anilines is 2. The highest BCUT2D eigenvalue weighted by Crippen LogP contribution is 2.46. The predicted molar refractivity (Wildman–Crippen MR) is 213 cm³/mol. The summed E-state index contributed by atoms with van der Waals surface area (Å²) in [6.45, 7) is 10.1. The zero-order valence-corrected chi connectivity index (χ0v) is 33.1. The van der Waals surface area contributed by atoms with E-state index in [4.69, 9.17) is 9.47 Å². The van der Waals surface area contributed by atoms with Gasteiger partial charge in [0.05, 0.1) is 48.8 Å². The van der Waals surface area contributed by atoms with Crippen LogP contribution in [0, 0.1) is 5.92 Å². The lowest BCUT2D eigenvalue weighted by atomic mass is 9.94. The molecule has 54 heavy (non-hydrogen) atoms. The molecule has 0 spiro atoms. The highest BCUT2D eigenvalue weighted by Gasteiger charge is 2.49. The SMILES string of the molecule is CCOc1ccc2c(c1)CC(NCCCCO)C(=O)N2c1cccc(CC[C@H]2O[C@@H](CCn3cc(C(CO)c4ccccc4)nn3)[C@H]([Si](C)(C)O)[C@H]2C)c1. The maximum atomic E-state index is 14.1. The fraction of sp³-hybridized carbons (Fsp3) is 0.500. The van der Waals surface area contributed by atoms with Crippen LogP contribution in [-0.4, -0.2) is 88.8 Å². The Morgan fingerprint density at radius 3 is 2.57 bits per heavy atom. The molecule has 6 atom stereocenters.